The zero-order valence-electron chi connectivity index (χ0n) is 26.6. The Morgan fingerprint density at radius 1 is 0.868 bits per heavy atom. The lowest BCUT2D eigenvalue weighted by molar-refractivity contribution is -0.166. The summed E-state index contributed by atoms with van der Waals surface area (Å²) < 4.78 is 11.0. The lowest BCUT2D eigenvalue weighted by Gasteiger charge is -2.48. The van der Waals surface area contributed by atoms with Gasteiger partial charge in [0.1, 0.15) is 11.7 Å². The Hall–Kier alpha value is -0.950. The van der Waals surface area contributed by atoms with E-state index in [9.17, 15) is 20.1 Å². The minimum Gasteiger partial charge on any atom is -0.462 e. The van der Waals surface area contributed by atoms with Gasteiger partial charge >= 0.3 is 5.97 Å². The molecule has 1 aliphatic heterocycles. The zero-order valence-corrected chi connectivity index (χ0v) is 26.6. The molecule has 0 bridgehead atoms. The van der Waals surface area contributed by atoms with E-state index in [1.54, 1.807) is 0 Å². The number of epoxide rings is 1. The third-order valence-electron chi connectivity index (χ3n) is 10.8. The van der Waals surface area contributed by atoms with E-state index < -0.39 is 5.60 Å². The van der Waals surface area contributed by atoms with Crippen LogP contribution in [0.1, 0.15) is 129 Å². The largest absolute Gasteiger partial charge is 0.462 e. The molecular weight excluding hydrogens is 480 g/mol. The van der Waals surface area contributed by atoms with Crippen LogP contribution < -0.4 is 0 Å². The van der Waals surface area contributed by atoms with Crippen LogP contribution in [0.3, 0.4) is 0 Å². The summed E-state index contributed by atoms with van der Waals surface area (Å²) >= 11 is 0. The highest BCUT2D eigenvalue weighted by atomic mass is 16.6. The number of ether oxygens (including phenoxy) is 2. The van der Waals surface area contributed by atoms with Gasteiger partial charge in [-0.25, -0.2) is 0 Å². The van der Waals surface area contributed by atoms with Crippen LogP contribution >= 0.6 is 0 Å². The number of aliphatic hydroxyl groups is 3. The molecule has 1 heterocycles. The minimum absolute atomic E-state index is 0.000764. The number of fused-ring (bicyclic) bond motifs is 1. The second-order valence-corrected chi connectivity index (χ2v) is 15.4. The van der Waals surface area contributed by atoms with E-state index in [1.165, 1.54) is 18.1 Å². The van der Waals surface area contributed by atoms with Crippen LogP contribution in [0, 0.1) is 22.2 Å². The standard InChI is InChI=1S/C12H22O3.C10H18O2.C10H18O/c1-8-11(3,4)6-10(15-9(2)13)7-12(8,5)14;1-8(2)5-7(11)6-9(3)10(8,4)12-9;1-7-5-9(11)6-10(3,4)8(7)2/h8,10,14H,6-7H2,1-5H3;7,11H,5-6H2,1-4H3;9,11H,5-6H2,1-4H3. The average molecular weight is 539 g/mol. The third-order valence-corrected chi connectivity index (χ3v) is 10.8. The van der Waals surface area contributed by atoms with Crippen LogP contribution in [0.15, 0.2) is 11.1 Å². The molecule has 7 unspecified atom stereocenters. The summed E-state index contributed by atoms with van der Waals surface area (Å²) in [5, 5.41) is 29.4. The highest BCUT2D eigenvalue weighted by molar-refractivity contribution is 5.66. The van der Waals surface area contributed by atoms with E-state index >= 15 is 0 Å². The van der Waals surface area contributed by atoms with Gasteiger partial charge in [0, 0.05) is 19.8 Å². The van der Waals surface area contributed by atoms with E-state index in [0.717, 1.165) is 32.1 Å². The maximum Gasteiger partial charge on any atom is 0.302 e. The first-order valence-electron chi connectivity index (χ1n) is 14.5. The molecule has 2 saturated carbocycles. The first-order chi connectivity index (χ1) is 16.9. The molecule has 0 amide bonds. The molecule has 4 rings (SSSR count). The van der Waals surface area contributed by atoms with Crippen molar-refractivity contribution in [3.8, 4) is 0 Å². The van der Waals surface area contributed by atoms with Crippen molar-refractivity contribution < 1.29 is 29.6 Å². The molecule has 0 aromatic rings. The summed E-state index contributed by atoms with van der Waals surface area (Å²) in [6.07, 6.45) is 4.36. The molecule has 0 radical (unpaired) electrons. The number of hydrogen-bond acceptors (Lipinski definition) is 6. The summed E-state index contributed by atoms with van der Waals surface area (Å²) in [4.78, 5) is 10.9. The lowest BCUT2D eigenvalue weighted by Crippen LogP contribution is -2.51. The molecule has 6 nitrogen and oxygen atoms in total. The van der Waals surface area contributed by atoms with Crippen molar-refractivity contribution in [2.45, 2.75) is 164 Å². The normalized spacial score (nSPS) is 42.4. The zero-order chi connectivity index (χ0) is 29.7. The Morgan fingerprint density at radius 2 is 1.42 bits per heavy atom. The van der Waals surface area contributed by atoms with Crippen LogP contribution in [0.4, 0.5) is 0 Å². The van der Waals surface area contributed by atoms with Gasteiger partial charge in [-0.3, -0.25) is 4.79 Å². The highest BCUT2D eigenvalue weighted by Gasteiger charge is 2.73. The first kappa shape index (κ1) is 33.3. The van der Waals surface area contributed by atoms with Gasteiger partial charge in [-0.05, 0) is 82.5 Å². The van der Waals surface area contributed by atoms with Gasteiger partial charge in [0.15, 0.2) is 0 Å². The molecule has 3 N–H and O–H groups in total. The van der Waals surface area contributed by atoms with Crippen LogP contribution in [-0.4, -0.2) is 56.4 Å². The second kappa shape index (κ2) is 10.8. The predicted molar refractivity (Wildman–Crippen MR) is 153 cm³/mol. The molecule has 3 aliphatic carbocycles. The van der Waals surface area contributed by atoms with Gasteiger partial charge in [-0.1, -0.05) is 59.6 Å². The van der Waals surface area contributed by atoms with Crippen molar-refractivity contribution in [3.63, 3.8) is 0 Å². The Labute approximate surface area is 232 Å². The second-order valence-electron chi connectivity index (χ2n) is 15.4. The fourth-order valence-electron chi connectivity index (χ4n) is 7.35. The third kappa shape index (κ3) is 7.03. The smallest absolute Gasteiger partial charge is 0.302 e. The number of carbonyl (C=O) groups is 1. The molecule has 38 heavy (non-hydrogen) atoms. The number of esters is 1. The van der Waals surface area contributed by atoms with Gasteiger partial charge in [-0.15, -0.1) is 0 Å². The summed E-state index contributed by atoms with van der Waals surface area (Å²) in [5.41, 5.74) is 2.34. The van der Waals surface area contributed by atoms with Gasteiger partial charge < -0.3 is 24.8 Å². The molecule has 0 aromatic heterocycles. The summed E-state index contributed by atoms with van der Waals surface area (Å²) in [6.45, 7) is 26.9. The lowest BCUT2D eigenvalue weighted by atomic mass is 9.62. The predicted octanol–water partition coefficient (Wildman–Crippen LogP) is 6.34. The molecule has 6 heteroatoms. The number of rotatable bonds is 1. The summed E-state index contributed by atoms with van der Waals surface area (Å²) in [6, 6.07) is 0. The van der Waals surface area contributed by atoms with Crippen LogP contribution in [0.5, 0.6) is 0 Å². The van der Waals surface area contributed by atoms with Crippen LogP contribution in [-0.2, 0) is 14.3 Å². The summed E-state index contributed by atoms with van der Waals surface area (Å²) in [7, 11) is 0. The number of carbonyl (C=O) groups excluding carboxylic acids is 1. The fourth-order valence-corrected chi connectivity index (χ4v) is 7.35. The fraction of sp³-hybridized carbons (Fsp3) is 0.906. The molecule has 0 spiro atoms. The van der Waals surface area contributed by atoms with Crippen molar-refractivity contribution in [1.29, 1.82) is 0 Å². The van der Waals surface area contributed by atoms with Crippen LogP contribution in [0.2, 0.25) is 0 Å². The number of hydrogen-bond donors (Lipinski definition) is 3. The number of aliphatic hydroxyl groups excluding tert-OH is 2. The van der Waals surface area contributed by atoms with E-state index in [2.05, 4.69) is 76.2 Å². The van der Waals surface area contributed by atoms with E-state index in [4.69, 9.17) is 9.47 Å². The molecule has 222 valence electrons. The number of allylic oxidation sites excluding steroid dienone is 1. The molecule has 1 saturated heterocycles. The average Bonchev–Trinajstić information content (AvgIpc) is 3.26. The van der Waals surface area contributed by atoms with Gasteiger partial charge in [0.2, 0.25) is 0 Å². The monoisotopic (exact) mass is 538 g/mol. The van der Waals surface area contributed by atoms with Crippen LogP contribution in [0.25, 0.3) is 0 Å². The van der Waals surface area contributed by atoms with E-state index in [0.29, 0.717) is 6.42 Å². The Balaban J connectivity index is 0.000000203. The molecule has 4 aliphatic rings. The first-order valence-corrected chi connectivity index (χ1v) is 14.5. The summed E-state index contributed by atoms with van der Waals surface area (Å²) in [5.74, 6) is -0.0574. The minimum atomic E-state index is -0.748. The van der Waals surface area contributed by atoms with Crippen molar-refractivity contribution >= 4 is 5.97 Å². The topological polar surface area (TPSA) is 99.5 Å². The van der Waals surface area contributed by atoms with Crippen molar-refractivity contribution in [3.05, 3.63) is 11.1 Å². The van der Waals surface area contributed by atoms with Crippen molar-refractivity contribution in [2.24, 2.45) is 22.2 Å². The maximum absolute atomic E-state index is 10.9. The molecular formula is C32H58O6. The Morgan fingerprint density at radius 3 is 1.87 bits per heavy atom. The molecule has 7 atom stereocenters. The van der Waals surface area contributed by atoms with Gasteiger partial charge in [0.05, 0.1) is 23.4 Å². The molecule has 3 fully saturated rings. The van der Waals surface area contributed by atoms with Gasteiger partial charge in [0.25, 0.3) is 0 Å². The Kier molecular flexibility index (Phi) is 9.45. The van der Waals surface area contributed by atoms with E-state index in [-0.39, 0.29) is 57.6 Å². The maximum atomic E-state index is 10.9. The SMILES string of the molecule is CC(=O)OC1CC(C)(C)C(C)C(C)(O)C1.CC1(C)CC(O)CC2(C)OC12C.CC1=C(C)C(C)(C)CC(O)C1. The van der Waals surface area contributed by atoms with Crippen molar-refractivity contribution in [1.82, 2.24) is 0 Å². The van der Waals surface area contributed by atoms with Crippen molar-refractivity contribution in [2.75, 3.05) is 0 Å². The van der Waals surface area contributed by atoms with E-state index in [1.807, 2.05) is 6.92 Å². The van der Waals surface area contributed by atoms with Gasteiger partial charge in [-0.2, -0.15) is 0 Å². The highest BCUT2D eigenvalue weighted by Crippen LogP contribution is 2.64. The quantitative estimate of drug-likeness (QED) is 0.205. The Bertz CT molecular complexity index is 882. The molecule has 0 aromatic carbocycles.